The number of ether oxygens (including phenoxy) is 1. The molecule has 1 heterocycles. The second-order valence-corrected chi connectivity index (χ2v) is 4.49. The lowest BCUT2D eigenvalue weighted by Crippen LogP contribution is -2.26. The number of cyclic esters (lactones) is 1. The second kappa shape index (κ2) is 4.49. The van der Waals surface area contributed by atoms with Crippen molar-refractivity contribution in [2.24, 2.45) is 5.92 Å². The average Bonchev–Trinajstić information content (AvgIpc) is 2.61. The highest BCUT2D eigenvalue weighted by atomic mass is 35.5. The maximum Gasteiger partial charge on any atom is 0.324 e. The molecule has 1 aliphatic heterocycles. The van der Waals surface area contributed by atoms with Gasteiger partial charge in [-0.2, -0.15) is 0 Å². The number of rotatable bonds is 2. The van der Waals surface area contributed by atoms with Crippen molar-refractivity contribution in [2.75, 3.05) is 0 Å². The largest absolute Gasteiger partial charge is 0.461 e. The lowest BCUT2D eigenvalue weighted by Gasteiger charge is -2.25. The molecule has 0 aromatic rings. The maximum absolute atomic E-state index is 11.3. The first-order chi connectivity index (χ1) is 6.81. The summed E-state index contributed by atoms with van der Waals surface area (Å²) in [5, 5.41) is 0. The number of esters is 1. The Morgan fingerprint density at radius 2 is 2.00 bits per heavy atom. The molecule has 0 unspecified atom stereocenters. The van der Waals surface area contributed by atoms with E-state index in [0.29, 0.717) is 5.92 Å². The highest BCUT2D eigenvalue weighted by Crippen LogP contribution is 2.33. The van der Waals surface area contributed by atoms with Crippen LogP contribution in [0.5, 0.6) is 0 Å². The molecule has 3 nitrogen and oxygen atoms in total. The van der Waals surface area contributed by atoms with Crippen LogP contribution in [0.15, 0.2) is 0 Å². The molecule has 0 bridgehead atoms. The normalized spacial score (nSPS) is 34.5. The lowest BCUT2D eigenvalue weighted by atomic mass is 9.84. The van der Waals surface area contributed by atoms with Crippen molar-refractivity contribution >= 4 is 17.7 Å². The van der Waals surface area contributed by atoms with Gasteiger partial charge in [0.1, 0.15) is 12.1 Å². The molecule has 14 heavy (non-hydrogen) atoms. The highest BCUT2D eigenvalue weighted by Gasteiger charge is 2.38. The van der Waals surface area contributed by atoms with Gasteiger partial charge in [-0.05, 0) is 30.5 Å². The van der Waals surface area contributed by atoms with E-state index in [1.165, 1.54) is 32.1 Å². The molecule has 2 fully saturated rings. The van der Waals surface area contributed by atoms with Gasteiger partial charge >= 0.3 is 5.97 Å². The minimum atomic E-state index is -0.288. The lowest BCUT2D eigenvalue weighted by molar-refractivity contribution is -0.144. The predicted octanol–water partition coefficient (Wildman–Crippen LogP) is 1.99. The molecule has 0 radical (unpaired) electrons. The number of carbonyl (C=O) groups excluding carboxylic acids is 1. The van der Waals surface area contributed by atoms with Crippen molar-refractivity contribution in [1.82, 2.24) is 4.84 Å². The number of hydrogen-bond donors (Lipinski definition) is 1. The zero-order valence-corrected chi connectivity index (χ0v) is 8.93. The standard InChI is InChI=1S/C10H16ClNO2/c11-12-8-6-9(14-10(8)13)7-4-2-1-3-5-7/h7-9,12H,1-6H2/t8-,9-/m0/s1. The molecule has 2 atom stereocenters. The van der Waals surface area contributed by atoms with Gasteiger partial charge in [-0.15, -0.1) is 0 Å². The van der Waals surface area contributed by atoms with E-state index in [2.05, 4.69) is 4.84 Å². The molecule has 0 aromatic heterocycles. The topological polar surface area (TPSA) is 38.3 Å². The van der Waals surface area contributed by atoms with Gasteiger partial charge in [0.05, 0.1) is 0 Å². The molecule has 4 heteroatoms. The van der Waals surface area contributed by atoms with Crippen molar-refractivity contribution in [2.45, 2.75) is 50.7 Å². The number of hydrogen-bond acceptors (Lipinski definition) is 3. The Hall–Kier alpha value is -0.280. The molecule has 80 valence electrons. The Bertz CT molecular complexity index is 216. The van der Waals surface area contributed by atoms with E-state index >= 15 is 0 Å². The summed E-state index contributed by atoms with van der Waals surface area (Å²) in [6.07, 6.45) is 7.13. The third kappa shape index (κ3) is 2.04. The molecule has 0 aromatic carbocycles. The first-order valence-corrected chi connectivity index (χ1v) is 5.75. The van der Waals surface area contributed by atoms with E-state index in [1.807, 2.05) is 0 Å². The van der Waals surface area contributed by atoms with Crippen molar-refractivity contribution in [3.8, 4) is 0 Å². The van der Waals surface area contributed by atoms with Crippen LogP contribution in [0.1, 0.15) is 38.5 Å². The van der Waals surface area contributed by atoms with Crippen LogP contribution in [0.2, 0.25) is 0 Å². The maximum atomic E-state index is 11.3. The summed E-state index contributed by atoms with van der Waals surface area (Å²) in [6.45, 7) is 0. The average molecular weight is 218 g/mol. The molecule has 2 rings (SSSR count). The molecule has 1 aliphatic carbocycles. The zero-order chi connectivity index (χ0) is 9.97. The summed E-state index contributed by atoms with van der Waals surface area (Å²) in [6, 6.07) is -0.288. The van der Waals surface area contributed by atoms with Crippen LogP contribution >= 0.6 is 11.8 Å². The van der Waals surface area contributed by atoms with E-state index in [1.54, 1.807) is 0 Å². The van der Waals surface area contributed by atoms with Crippen molar-refractivity contribution in [3.05, 3.63) is 0 Å². The molecule has 0 spiro atoms. The van der Waals surface area contributed by atoms with Gasteiger partial charge in [-0.3, -0.25) is 4.79 Å². The van der Waals surface area contributed by atoms with Gasteiger partial charge in [0.2, 0.25) is 0 Å². The first-order valence-electron chi connectivity index (χ1n) is 5.38. The fourth-order valence-electron chi connectivity index (χ4n) is 2.49. The van der Waals surface area contributed by atoms with Crippen LogP contribution in [-0.2, 0) is 9.53 Å². The van der Waals surface area contributed by atoms with Gasteiger partial charge in [-0.25, -0.2) is 4.84 Å². The molecular formula is C10H16ClNO2. The molecule has 2 aliphatic rings. The number of nitrogens with one attached hydrogen (secondary N) is 1. The first kappa shape index (κ1) is 10.2. The fourth-order valence-corrected chi connectivity index (χ4v) is 2.67. The Kier molecular flexibility index (Phi) is 3.29. The van der Waals surface area contributed by atoms with Crippen LogP contribution in [0, 0.1) is 5.92 Å². The van der Waals surface area contributed by atoms with Gasteiger partial charge in [0.25, 0.3) is 0 Å². The molecule has 1 saturated carbocycles. The summed E-state index contributed by atoms with van der Waals surface area (Å²) >= 11 is 5.46. The van der Waals surface area contributed by atoms with Crippen LogP contribution in [-0.4, -0.2) is 18.1 Å². The Labute approximate surface area is 89.3 Å². The van der Waals surface area contributed by atoms with Crippen molar-refractivity contribution < 1.29 is 9.53 Å². The summed E-state index contributed by atoms with van der Waals surface area (Å²) in [7, 11) is 0. The zero-order valence-electron chi connectivity index (χ0n) is 8.17. The summed E-state index contributed by atoms with van der Waals surface area (Å²) in [4.78, 5) is 13.8. The second-order valence-electron chi connectivity index (χ2n) is 4.27. The van der Waals surface area contributed by atoms with E-state index in [0.717, 1.165) is 6.42 Å². The summed E-state index contributed by atoms with van der Waals surface area (Å²) < 4.78 is 5.32. The number of halogens is 1. The van der Waals surface area contributed by atoms with Gasteiger partial charge in [0, 0.05) is 6.42 Å². The van der Waals surface area contributed by atoms with Crippen molar-refractivity contribution in [3.63, 3.8) is 0 Å². The Morgan fingerprint density at radius 3 is 2.57 bits per heavy atom. The van der Waals surface area contributed by atoms with E-state index in [-0.39, 0.29) is 18.1 Å². The van der Waals surface area contributed by atoms with E-state index in [9.17, 15) is 4.79 Å². The third-order valence-corrected chi connectivity index (χ3v) is 3.59. The minimum Gasteiger partial charge on any atom is -0.461 e. The Balaban J connectivity index is 1.90. The summed E-state index contributed by atoms with van der Waals surface area (Å²) in [5.74, 6) is 0.387. The highest BCUT2D eigenvalue weighted by molar-refractivity contribution is 6.15. The third-order valence-electron chi connectivity index (χ3n) is 3.33. The number of carbonyl (C=O) groups is 1. The van der Waals surface area contributed by atoms with Gasteiger partial charge in [-0.1, -0.05) is 19.3 Å². The quantitative estimate of drug-likeness (QED) is 0.568. The SMILES string of the molecule is O=C1O[C@H](C2CCCCC2)C[C@@H]1NCl. The van der Waals surface area contributed by atoms with E-state index in [4.69, 9.17) is 16.5 Å². The monoisotopic (exact) mass is 217 g/mol. The molecule has 1 saturated heterocycles. The van der Waals surface area contributed by atoms with Gasteiger partial charge < -0.3 is 4.74 Å². The van der Waals surface area contributed by atoms with E-state index < -0.39 is 0 Å². The van der Waals surface area contributed by atoms with Gasteiger partial charge in [0.15, 0.2) is 0 Å². The molecule has 0 amide bonds. The van der Waals surface area contributed by atoms with Crippen LogP contribution in [0.25, 0.3) is 0 Å². The van der Waals surface area contributed by atoms with Crippen LogP contribution in [0.4, 0.5) is 0 Å². The van der Waals surface area contributed by atoms with Crippen LogP contribution in [0.3, 0.4) is 0 Å². The molecule has 1 N–H and O–H groups in total. The Morgan fingerprint density at radius 1 is 1.29 bits per heavy atom. The molecular weight excluding hydrogens is 202 g/mol. The van der Waals surface area contributed by atoms with Crippen molar-refractivity contribution in [1.29, 1.82) is 0 Å². The van der Waals surface area contributed by atoms with Crippen LogP contribution < -0.4 is 4.84 Å². The minimum absolute atomic E-state index is 0.110. The summed E-state index contributed by atoms with van der Waals surface area (Å²) in [5.41, 5.74) is 0. The fraction of sp³-hybridized carbons (Fsp3) is 0.900. The predicted molar refractivity (Wildman–Crippen MR) is 53.8 cm³/mol. The smallest absolute Gasteiger partial charge is 0.324 e.